The van der Waals surface area contributed by atoms with Crippen molar-refractivity contribution in [1.82, 2.24) is 10.3 Å². The summed E-state index contributed by atoms with van der Waals surface area (Å²) >= 11 is 1.73. The van der Waals surface area contributed by atoms with Crippen molar-refractivity contribution < 1.29 is 0 Å². The van der Waals surface area contributed by atoms with Crippen molar-refractivity contribution in [2.24, 2.45) is 0 Å². The Balaban J connectivity index is 1.46. The van der Waals surface area contributed by atoms with E-state index in [1.807, 2.05) is 11.6 Å². The van der Waals surface area contributed by atoms with Crippen molar-refractivity contribution in [3.8, 4) is 0 Å². The van der Waals surface area contributed by atoms with Crippen LogP contribution in [0.3, 0.4) is 0 Å². The molecular weight excluding hydrogens is 240 g/mol. The first-order valence-corrected chi connectivity index (χ1v) is 7.48. The van der Waals surface area contributed by atoms with E-state index in [0.29, 0.717) is 0 Å². The largest absolute Gasteiger partial charge is 0.312 e. The zero-order valence-corrected chi connectivity index (χ0v) is 11.2. The van der Waals surface area contributed by atoms with Crippen molar-refractivity contribution in [2.75, 3.05) is 6.54 Å². The third kappa shape index (κ3) is 3.18. The zero-order valence-electron chi connectivity index (χ0n) is 10.4. The van der Waals surface area contributed by atoms with Crippen molar-refractivity contribution in [3.05, 3.63) is 52.0 Å². The topological polar surface area (TPSA) is 24.9 Å². The normalized spacial score (nSPS) is 14.9. The summed E-state index contributed by atoms with van der Waals surface area (Å²) < 4.78 is 0. The first kappa shape index (κ1) is 11.9. The lowest BCUT2D eigenvalue weighted by Crippen LogP contribution is -2.16. The van der Waals surface area contributed by atoms with Gasteiger partial charge in [-0.1, -0.05) is 24.3 Å². The van der Waals surface area contributed by atoms with Gasteiger partial charge in [0, 0.05) is 31.1 Å². The van der Waals surface area contributed by atoms with Gasteiger partial charge in [0.15, 0.2) is 0 Å². The molecule has 1 heterocycles. The Labute approximate surface area is 112 Å². The van der Waals surface area contributed by atoms with Crippen molar-refractivity contribution in [1.29, 1.82) is 0 Å². The lowest BCUT2D eigenvalue weighted by atomic mass is 10.1. The molecule has 0 spiro atoms. The fraction of sp³-hybridized carbons (Fsp3) is 0.400. The average Bonchev–Trinajstić information content (AvgIpc) is 3.13. The molecule has 2 nitrogen and oxygen atoms in total. The van der Waals surface area contributed by atoms with Crippen LogP contribution >= 0.6 is 11.3 Å². The highest BCUT2D eigenvalue weighted by Crippen LogP contribution is 2.40. The first-order chi connectivity index (χ1) is 8.92. The molecule has 94 valence electrons. The number of benzene rings is 1. The highest BCUT2D eigenvalue weighted by molar-refractivity contribution is 7.09. The maximum atomic E-state index is 4.28. The monoisotopic (exact) mass is 258 g/mol. The summed E-state index contributed by atoms with van der Waals surface area (Å²) in [5, 5.41) is 6.75. The average molecular weight is 258 g/mol. The van der Waals surface area contributed by atoms with Crippen molar-refractivity contribution in [2.45, 2.75) is 31.7 Å². The quantitative estimate of drug-likeness (QED) is 0.804. The third-order valence-corrected chi connectivity index (χ3v) is 4.17. The van der Waals surface area contributed by atoms with Gasteiger partial charge in [-0.05, 0) is 29.9 Å². The smallest absolute Gasteiger partial charge is 0.0937 e. The summed E-state index contributed by atoms with van der Waals surface area (Å²) in [5.41, 5.74) is 2.92. The highest BCUT2D eigenvalue weighted by Gasteiger charge is 2.23. The second kappa shape index (κ2) is 5.63. The van der Waals surface area contributed by atoms with Crippen LogP contribution in [0.15, 0.2) is 35.8 Å². The molecule has 0 saturated heterocycles. The Morgan fingerprint density at radius 3 is 3.06 bits per heavy atom. The van der Waals surface area contributed by atoms with Crippen molar-refractivity contribution in [3.63, 3.8) is 0 Å². The van der Waals surface area contributed by atoms with Crippen LogP contribution in [0.5, 0.6) is 0 Å². The Morgan fingerprint density at radius 2 is 2.28 bits per heavy atom. The minimum absolute atomic E-state index is 0.847. The Kier molecular flexibility index (Phi) is 3.72. The van der Waals surface area contributed by atoms with Gasteiger partial charge in [-0.3, -0.25) is 0 Å². The van der Waals surface area contributed by atoms with E-state index in [9.17, 15) is 0 Å². The number of hydrogen-bond donors (Lipinski definition) is 1. The molecule has 0 unspecified atom stereocenters. The maximum Gasteiger partial charge on any atom is 0.0937 e. The molecule has 1 aromatic heterocycles. The summed E-state index contributed by atoms with van der Waals surface area (Å²) in [6, 6.07) is 9.01. The van der Waals surface area contributed by atoms with E-state index in [1.54, 1.807) is 11.3 Å². The number of rotatable bonds is 6. The van der Waals surface area contributed by atoms with Crippen LogP contribution < -0.4 is 5.32 Å². The number of hydrogen-bond acceptors (Lipinski definition) is 3. The van der Waals surface area contributed by atoms with Gasteiger partial charge < -0.3 is 5.32 Å². The van der Waals surface area contributed by atoms with Gasteiger partial charge in [0.2, 0.25) is 0 Å². The number of thiazole rings is 1. The van der Waals surface area contributed by atoms with Gasteiger partial charge in [0.05, 0.1) is 5.01 Å². The Morgan fingerprint density at radius 1 is 1.33 bits per heavy atom. The van der Waals surface area contributed by atoms with Gasteiger partial charge in [0.1, 0.15) is 0 Å². The maximum absolute atomic E-state index is 4.28. The van der Waals surface area contributed by atoms with E-state index in [-0.39, 0.29) is 0 Å². The van der Waals surface area contributed by atoms with Crippen molar-refractivity contribution >= 4 is 11.3 Å². The molecule has 18 heavy (non-hydrogen) atoms. The summed E-state index contributed by atoms with van der Waals surface area (Å²) in [6.07, 6.45) is 5.65. The van der Waals surface area contributed by atoms with Crippen LogP contribution in [0.2, 0.25) is 0 Å². The Bertz CT molecular complexity index is 489. The number of aromatic nitrogens is 1. The molecule has 2 aromatic rings. The van der Waals surface area contributed by atoms with Gasteiger partial charge >= 0.3 is 0 Å². The second-order valence-electron chi connectivity index (χ2n) is 4.87. The SMILES string of the molecule is c1cc(CNCCc2nccs2)cc(C2CC2)c1. The third-order valence-electron chi connectivity index (χ3n) is 3.33. The molecule has 1 aliphatic rings. The zero-order chi connectivity index (χ0) is 12.2. The van der Waals surface area contributed by atoms with E-state index < -0.39 is 0 Å². The molecule has 0 aliphatic heterocycles. The number of nitrogens with one attached hydrogen (secondary N) is 1. The standard InChI is InChI=1S/C15H18N2S/c1-2-12(10-14(3-1)13-4-5-13)11-16-7-6-15-17-8-9-18-15/h1-3,8-10,13,16H,4-7,11H2. The van der Waals surface area contributed by atoms with Crippen LogP contribution in [0, 0.1) is 0 Å². The van der Waals surface area contributed by atoms with E-state index in [4.69, 9.17) is 0 Å². The summed E-state index contributed by atoms with van der Waals surface area (Å²) in [5.74, 6) is 0.847. The molecule has 0 amide bonds. The fourth-order valence-electron chi connectivity index (χ4n) is 2.18. The summed E-state index contributed by atoms with van der Waals surface area (Å²) in [7, 11) is 0. The van der Waals surface area contributed by atoms with E-state index in [0.717, 1.165) is 25.4 Å². The van der Waals surface area contributed by atoms with Crippen LogP contribution in [0.25, 0.3) is 0 Å². The van der Waals surface area contributed by atoms with Gasteiger partial charge in [-0.2, -0.15) is 0 Å². The van der Waals surface area contributed by atoms with Crippen LogP contribution in [0.1, 0.15) is 34.9 Å². The molecule has 0 radical (unpaired) electrons. The Hall–Kier alpha value is -1.19. The molecule has 3 rings (SSSR count). The molecule has 1 N–H and O–H groups in total. The minimum Gasteiger partial charge on any atom is -0.312 e. The van der Waals surface area contributed by atoms with Gasteiger partial charge in [0.25, 0.3) is 0 Å². The van der Waals surface area contributed by atoms with Gasteiger partial charge in [-0.25, -0.2) is 4.98 Å². The molecule has 1 aromatic carbocycles. The second-order valence-corrected chi connectivity index (χ2v) is 5.85. The van der Waals surface area contributed by atoms with Gasteiger partial charge in [-0.15, -0.1) is 11.3 Å². The molecule has 1 aliphatic carbocycles. The molecule has 3 heteroatoms. The summed E-state index contributed by atoms with van der Waals surface area (Å²) in [6.45, 7) is 1.97. The molecule has 0 atom stereocenters. The van der Waals surface area contributed by atoms with E-state index in [2.05, 4.69) is 34.6 Å². The molecule has 1 fully saturated rings. The molecular formula is C15H18N2S. The predicted octanol–water partition coefficient (Wildman–Crippen LogP) is 3.35. The predicted molar refractivity (Wildman–Crippen MR) is 75.9 cm³/mol. The van der Waals surface area contributed by atoms with E-state index >= 15 is 0 Å². The number of nitrogens with zero attached hydrogens (tertiary/aromatic N) is 1. The van der Waals surface area contributed by atoms with Crippen LogP contribution in [-0.2, 0) is 13.0 Å². The van der Waals surface area contributed by atoms with E-state index in [1.165, 1.54) is 29.0 Å². The first-order valence-electron chi connectivity index (χ1n) is 6.60. The molecule has 0 bridgehead atoms. The fourth-order valence-corrected chi connectivity index (χ4v) is 2.80. The highest BCUT2D eigenvalue weighted by atomic mass is 32.1. The van der Waals surface area contributed by atoms with Crippen LogP contribution in [0.4, 0.5) is 0 Å². The lowest BCUT2D eigenvalue weighted by molar-refractivity contribution is 0.684. The lowest BCUT2D eigenvalue weighted by Gasteiger charge is -2.06. The summed E-state index contributed by atoms with van der Waals surface area (Å²) in [4.78, 5) is 4.28. The molecule has 1 saturated carbocycles. The minimum atomic E-state index is 0.847. The van der Waals surface area contributed by atoms with Crippen LogP contribution in [-0.4, -0.2) is 11.5 Å².